The summed E-state index contributed by atoms with van der Waals surface area (Å²) in [7, 11) is -2.22. The molecule has 0 bridgehead atoms. The average molecular weight is 149 g/mol. The van der Waals surface area contributed by atoms with Gasteiger partial charge in [0.25, 0.3) is 0 Å². The zero-order valence-corrected chi connectivity index (χ0v) is 6.06. The SMILES string of the molecule is O=[SH](=O)CNC1CCC1. The molecule has 0 radical (unpaired) electrons. The van der Waals surface area contributed by atoms with Crippen molar-refractivity contribution in [2.24, 2.45) is 0 Å². The smallest absolute Gasteiger partial charge is 0.153 e. The summed E-state index contributed by atoms with van der Waals surface area (Å²) >= 11 is 0. The van der Waals surface area contributed by atoms with Gasteiger partial charge in [-0.25, -0.2) is 8.42 Å². The van der Waals surface area contributed by atoms with Crippen molar-refractivity contribution in [1.82, 2.24) is 5.32 Å². The molecule has 4 heteroatoms. The third-order valence-electron chi connectivity index (χ3n) is 1.61. The van der Waals surface area contributed by atoms with E-state index in [1.165, 1.54) is 6.42 Å². The van der Waals surface area contributed by atoms with Gasteiger partial charge < -0.3 is 5.32 Å². The van der Waals surface area contributed by atoms with Gasteiger partial charge in [0.05, 0.1) is 5.88 Å². The molecular weight excluding hydrogens is 138 g/mol. The molecule has 0 aromatic heterocycles. The fourth-order valence-electron chi connectivity index (χ4n) is 0.816. The maximum atomic E-state index is 10.0. The van der Waals surface area contributed by atoms with E-state index in [0.717, 1.165) is 12.8 Å². The van der Waals surface area contributed by atoms with Crippen LogP contribution in [-0.4, -0.2) is 20.3 Å². The van der Waals surface area contributed by atoms with Gasteiger partial charge in [-0.05, 0) is 12.8 Å². The second-order valence-electron chi connectivity index (χ2n) is 2.32. The highest BCUT2D eigenvalue weighted by molar-refractivity contribution is 7.72. The maximum absolute atomic E-state index is 10.0. The fraction of sp³-hybridized carbons (Fsp3) is 1.00. The molecule has 0 atom stereocenters. The Balaban J connectivity index is 2.04. The predicted octanol–water partition coefficient (Wildman–Crippen LogP) is -0.303. The molecule has 0 heterocycles. The Morgan fingerprint density at radius 2 is 2.11 bits per heavy atom. The van der Waals surface area contributed by atoms with E-state index >= 15 is 0 Å². The van der Waals surface area contributed by atoms with Crippen molar-refractivity contribution < 1.29 is 8.42 Å². The fourth-order valence-corrected chi connectivity index (χ4v) is 1.22. The molecule has 1 aliphatic carbocycles. The zero-order valence-electron chi connectivity index (χ0n) is 5.17. The van der Waals surface area contributed by atoms with Crippen LogP contribution in [0.15, 0.2) is 0 Å². The molecule has 1 aliphatic rings. The number of hydrogen-bond donors (Lipinski definition) is 2. The molecule has 0 aromatic carbocycles. The highest BCUT2D eigenvalue weighted by atomic mass is 32.2. The van der Waals surface area contributed by atoms with Gasteiger partial charge >= 0.3 is 0 Å². The summed E-state index contributed by atoms with van der Waals surface area (Å²) in [6.07, 6.45) is 3.53. The van der Waals surface area contributed by atoms with E-state index in [-0.39, 0.29) is 5.88 Å². The Morgan fingerprint density at radius 3 is 2.44 bits per heavy atom. The minimum atomic E-state index is -2.22. The second-order valence-corrected chi connectivity index (χ2v) is 3.30. The van der Waals surface area contributed by atoms with E-state index in [4.69, 9.17) is 0 Å². The molecule has 0 aromatic rings. The van der Waals surface area contributed by atoms with Gasteiger partial charge in [-0.3, -0.25) is 0 Å². The topological polar surface area (TPSA) is 46.2 Å². The van der Waals surface area contributed by atoms with Gasteiger partial charge in [-0.1, -0.05) is 6.42 Å². The van der Waals surface area contributed by atoms with Crippen LogP contribution in [0.5, 0.6) is 0 Å². The second kappa shape index (κ2) is 3.17. The first-order valence-corrected chi connectivity index (χ1v) is 4.50. The number of rotatable bonds is 3. The predicted molar refractivity (Wildman–Crippen MR) is 36.0 cm³/mol. The van der Waals surface area contributed by atoms with Crippen molar-refractivity contribution >= 4 is 10.7 Å². The van der Waals surface area contributed by atoms with E-state index in [1.54, 1.807) is 0 Å². The first kappa shape index (κ1) is 7.02. The lowest BCUT2D eigenvalue weighted by molar-refractivity contribution is 0.355. The minimum absolute atomic E-state index is 0.153. The number of hydrogen-bond acceptors (Lipinski definition) is 3. The van der Waals surface area contributed by atoms with E-state index in [1.807, 2.05) is 0 Å². The molecule has 1 rings (SSSR count). The summed E-state index contributed by atoms with van der Waals surface area (Å²) in [5.41, 5.74) is 0. The monoisotopic (exact) mass is 149 g/mol. The summed E-state index contributed by atoms with van der Waals surface area (Å²) in [6.45, 7) is 0. The Morgan fingerprint density at radius 1 is 1.44 bits per heavy atom. The molecule has 1 saturated carbocycles. The van der Waals surface area contributed by atoms with Gasteiger partial charge in [0.2, 0.25) is 0 Å². The molecule has 1 fully saturated rings. The van der Waals surface area contributed by atoms with Crippen molar-refractivity contribution in [2.75, 3.05) is 5.88 Å². The highest BCUT2D eigenvalue weighted by Gasteiger charge is 2.15. The largest absolute Gasteiger partial charge is 0.301 e. The summed E-state index contributed by atoms with van der Waals surface area (Å²) in [5, 5.41) is 2.92. The molecule has 54 valence electrons. The molecule has 0 amide bonds. The number of nitrogens with one attached hydrogen (secondary N) is 1. The average Bonchev–Trinajstić information content (AvgIpc) is 1.60. The third-order valence-corrected chi connectivity index (χ3v) is 2.06. The van der Waals surface area contributed by atoms with Crippen LogP contribution >= 0.6 is 0 Å². The molecule has 0 aliphatic heterocycles. The Hall–Kier alpha value is -0.0900. The first-order valence-electron chi connectivity index (χ1n) is 3.14. The van der Waals surface area contributed by atoms with Crippen LogP contribution in [0, 0.1) is 0 Å². The van der Waals surface area contributed by atoms with Crippen LogP contribution in [0.2, 0.25) is 0 Å². The molecule has 3 nitrogen and oxygen atoms in total. The van der Waals surface area contributed by atoms with Crippen molar-refractivity contribution in [2.45, 2.75) is 25.3 Å². The van der Waals surface area contributed by atoms with Crippen LogP contribution in [0.4, 0.5) is 0 Å². The van der Waals surface area contributed by atoms with Crippen LogP contribution in [0.3, 0.4) is 0 Å². The third kappa shape index (κ3) is 2.32. The van der Waals surface area contributed by atoms with Crippen LogP contribution in [0.1, 0.15) is 19.3 Å². The van der Waals surface area contributed by atoms with E-state index in [0.29, 0.717) is 6.04 Å². The lowest BCUT2D eigenvalue weighted by Crippen LogP contribution is -2.35. The summed E-state index contributed by atoms with van der Waals surface area (Å²) in [4.78, 5) is 0. The van der Waals surface area contributed by atoms with Gasteiger partial charge in [-0.15, -0.1) is 0 Å². The lowest BCUT2D eigenvalue weighted by atomic mass is 9.94. The normalized spacial score (nSPS) is 20.1. The van der Waals surface area contributed by atoms with Crippen molar-refractivity contribution in [1.29, 1.82) is 0 Å². The van der Waals surface area contributed by atoms with E-state index in [2.05, 4.69) is 5.32 Å². The lowest BCUT2D eigenvalue weighted by Gasteiger charge is -2.25. The molecule has 0 unspecified atom stereocenters. The minimum Gasteiger partial charge on any atom is -0.301 e. The Kier molecular flexibility index (Phi) is 2.48. The van der Waals surface area contributed by atoms with E-state index < -0.39 is 10.7 Å². The summed E-state index contributed by atoms with van der Waals surface area (Å²) in [5.74, 6) is 0.153. The van der Waals surface area contributed by atoms with Crippen molar-refractivity contribution in [3.05, 3.63) is 0 Å². The highest BCUT2D eigenvalue weighted by Crippen LogP contribution is 2.17. The van der Waals surface area contributed by atoms with Crippen LogP contribution < -0.4 is 5.32 Å². The Labute approximate surface area is 56.4 Å². The van der Waals surface area contributed by atoms with Gasteiger partial charge in [0.1, 0.15) is 0 Å². The maximum Gasteiger partial charge on any atom is 0.153 e. The molecular formula is C5H11NO2S. The van der Waals surface area contributed by atoms with Gasteiger partial charge in [0.15, 0.2) is 10.7 Å². The molecule has 0 saturated heterocycles. The Bertz CT molecular complexity index is 143. The molecule has 9 heavy (non-hydrogen) atoms. The molecule has 0 spiro atoms. The molecule has 1 N–H and O–H groups in total. The summed E-state index contributed by atoms with van der Waals surface area (Å²) in [6, 6.07) is 0.484. The quantitative estimate of drug-likeness (QED) is 0.541. The standard InChI is InChI=1S/C5H11NO2S/c7-9(8)4-6-5-2-1-3-5/h5-6,9H,1-4H2. The first-order chi connectivity index (χ1) is 4.29. The van der Waals surface area contributed by atoms with Gasteiger partial charge in [0, 0.05) is 6.04 Å². The van der Waals surface area contributed by atoms with Crippen molar-refractivity contribution in [3.8, 4) is 0 Å². The van der Waals surface area contributed by atoms with Crippen molar-refractivity contribution in [3.63, 3.8) is 0 Å². The van der Waals surface area contributed by atoms with Crippen LogP contribution in [0.25, 0.3) is 0 Å². The number of thiol groups is 1. The van der Waals surface area contributed by atoms with Gasteiger partial charge in [-0.2, -0.15) is 0 Å². The van der Waals surface area contributed by atoms with E-state index in [9.17, 15) is 8.42 Å². The zero-order chi connectivity index (χ0) is 6.69. The van der Waals surface area contributed by atoms with Crippen LogP contribution in [-0.2, 0) is 10.7 Å². The summed E-state index contributed by atoms with van der Waals surface area (Å²) < 4.78 is 20.0.